The molecule has 0 N–H and O–H groups in total. The highest BCUT2D eigenvalue weighted by atomic mass is 16.1. The Morgan fingerprint density at radius 3 is 1.27 bits per heavy atom. The number of hydrogen-bond donors (Lipinski definition) is 0. The zero-order chi connectivity index (χ0) is 21.8. The van der Waals surface area contributed by atoms with Crippen LogP contribution in [0.1, 0.15) is 49.9 Å². The average Bonchev–Trinajstić information content (AvgIpc) is 2.75. The maximum Gasteiger partial charge on any atom is 0.240 e. The fourth-order valence-corrected chi connectivity index (χ4v) is 3.67. The van der Waals surface area contributed by atoms with Crippen molar-refractivity contribution < 1.29 is 9.59 Å². The van der Waals surface area contributed by atoms with E-state index in [-0.39, 0.29) is 10.8 Å². The lowest BCUT2D eigenvalue weighted by molar-refractivity contribution is 0.564. The van der Waals surface area contributed by atoms with Crippen LogP contribution in [0.15, 0.2) is 82.8 Å². The summed E-state index contributed by atoms with van der Waals surface area (Å²) in [6.45, 7) is 8.60. The van der Waals surface area contributed by atoms with Gasteiger partial charge in [0, 0.05) is 10.8 Å². The number of carbonyl (C=O) groups excluding carboxylic acids is 2. The van der Waals surface area contributed by atoms with Crippen LogP contribution in [0.25, 0.3) is 0 Å². The molecule has 3 rings (SSSR count). The molecule has 0 saturated carbocycles. The third-order valence-corrected chi connectivity index (χ3v) is 5.81. The molecule has 4 heteroatoms. The van der Waals surface area contributed by atoms with Gasteiger partial charge in [0.2, 0.25) is 12.2 Å². The average molecular weight is 396 g/mol. The Balaban J connectivity index is 1.95. The lowest BCUT2D eigenvalue weighted by Gasteiger charge is -2.29. The van der Waals surface area contributed by atoms with E-state index in [0.717, 1.165) is 22.3 Å². The van der Waals surface area contributed by atoms with Gasteiger partial charge in [0.05, 0.1) is 11.4 Å². The molecule has 0 unspecified atom stereocenters. The Morgan fingerprint density at radius 1 is 0.567 bits per heavy atom. The van der Waals surface area contributed by atoms with E-state index in [2.05, 4.69) is 61.9 Å². The number of nitrogens with zero attached hydrogens (tertiary/aromatic N) is 2. The largest absolute Gasteiger partial charge is 0.240 e. The molecule has 0 heterocycles. The van der Waals surface area contributed by atoms with E-state index in [9.17, 15) is 9.59 Å². The smallest absolute Gasteiger partial charge is 0.211 e. The SMILES string of the molecule is CC(C)(c1ccc(C(C)(C)c2cccc(N=C=O)c2)cc1)c1cccc(N=C=O)c1. The Labute approximate surface area is 177 Å². The van der Waals surface area contributed by atoms with E-state index in [4.69, 9.17) is 0 Å². The standard InChI is InChI=1S/C26H24N2O2/c1-25(2,21-7-5-9-23(15-21)27-17-29)19-11-13-20(14-12-19)26(3,4)22-8-6-10-24(16-22)28-18-30/h5-16H,1-4H3. The summed E-state index contributed by atoms with van der Waals surface area (Å²) in [5.74, 6) is 0. The van der Waals surface area contributed by atoms with Gasteiger partial charge in [-0.25, -0.2) is 9.59 Å². The third kappa shape index (κ3) is 4.21. The molecule has 0 aliphatic carbocycles. The Kier molecular flexibility index (Phi) is 5.94. The zero-order valence-electron chi connectivity index (χ0n) is 17.6. The first-order valence-electron chi connectivity index (χ1n) is 9.77. The van der Waals surface area contributed by atoms with Crippen molar-refractivity contribution in [1.82, 2.24) is 0 Å². The van der Waals surface area contributed by atoms with Crippen LogP contribution < -0.4 is 0 Å². The molecule has 30 heavy (non-hydrogen) atoms. The minimum absolute atomic E-state index is 0.254. The van der Waals surface area contributed by atoms with Crippen molar-refractivity contribution in [3.8, 4) is 0 Å². The van der Waals surface area contributed by atoms with Gasteiger partial charge in [-0.1, -0.05) is 76.2 Å². The van der Waals surface area contributed by atoms with Crippen molar-refractivity contribution in [3.63, 3.8) is 0 Å². The van der Waals surface area contributed by atoms with Gasteiger partial charge in [0.1, 0.15) is 0 Å². The topological polar surface area (TPSA) is 58.9 Å². The van der Waals surface area contributed by atoms with E-state index in [1.807, 2.05) is 36.4 Å². The summed E-state index contributed by atoms with van der Waals surface area (Å²) >= 11 is 0. The highest BCUT2D eigenvalue weighted by Gasteiger charge is 2.26. The fraction of sp³-hybridized carbons (Fsp3) is 0.231. The molecule has 3 aromatic rings. The Bertz CT molecular complexity index is 1060. The fourth-order valence-electron chi connectivity index (χ4n) is 3.67. The monoisotopic (exact) mass is 396 g/mol. The summed E-state index contributed by atoms with van der Waals surface area (Å²) < 4.78 is 0. The predicted molar refractivity (Wildman–Crippen MR) is 119 cm³/mol. The van der Waals surface area contributed by atoms with Crippen molar-refractivity contribution in [2.24, 2.45) is 9.98 Å². The summed E-state index contributed by atoms with van der Waals surface area (Å²) in [6.07, 6.45) is 3.20. The molecule has 0 bridgehead atoms. The molecule has 0 amide bonds. The second-order valence-electron chi connectivity index (χ2n) is 8.33. The molecule has 0 aromatic heterocycles. The summed E-state index contributed by atoms with van der Waals surface area (Å²) in [4.78, 5) is 28.7. The van der Waals surface area contributed by atoms with Gasteiger partial charge in [-0.2, -0.15) is 9.98 Å². The van der Waals surface area contributed by atoms with Gasteiger partial charge in [0.25, 0.3) is 0 Å². The lowest BCUT2D eigenvalue weighted by Crippen LogP contribution is -2.21. The number of isocyanates is 2. The van der Waals surface area contributed by atoms with Crippen molar-refractivity contribution in [2.45, 2.75) is 38.5 Å². The molecule has 150 valence electrons. The van der Waals surface area contributed by atoms with Gasteiger partial charge >= 0.3 is 0 Å². The van der Waals surface area contributed by atoms with Crippen molar-refractivity contribution in [1.29, 1.82) is 0 Å². The van der Waals surface area contributed by atoms with Crippen molar-refractivity contribution >= 4 is 23.5 Å². The summed E-state index contributed by atoms with van der Waals surface area (Å²) in [5, 5.41) is 0. The van der Waals surface area contributed by atoms with E-state index in [1.54, 1.807) is 24.3 Å². The van der Waals surface area contributed by atoms with Gasteiger partial charge in [0.15, 0.2) is 0 Å². The van der Waals surface area contributed by atoms with Crippen molar-refractivity contribution in [2.75, 3.05) is 0 Å². The molecule has 0 spiro atoms. The molecule has 0 fully saturated rings. The molecule has 0 aliphatic rings. The molecule has 0 saturated heterocycles. The highest BCUT2D eigenvalue weighted by Crippen LogP contribution is 2.37. The van der Waals surface area contributed by atoms with Crippen LogP contribution in [0, 0.1) is 0 Å². The molecule has 4 nitrogen and oxygen atoms in total. The Hall–Kier alpha value is -3.58. The maximum absolute atomic E-state index is 10.6. The summed E-state index contributed by atoms with van der Waals surface area (Å²) in [7, 11) is 0. The van der Waals surface area contributed by atoms with E-state index < -0.39 is 0 Å². The predicted octanol–water partition coefficient (Wildman–Crippen LogP) is 6.27. The highest BCUT2D eigenvalue weighted by molar-refractivity contribution is 5.54. The van der Waals surface area contributed by atoms with Gasteiger partial charge < -0.3 is 0 Å². The van der Waals surface area contributed by atoms with Gasteiger partial charge in [-0.05, 0) is 46.5 Å². The Morgan fingerprint density at radius 2 is 0.933 bits per heavy atom. The van der Waals surface area contributed by atoms with E-state index >= 15 is 0 Å². The first-order valence-corrected chi connectivity index (χ1v) is 9.77. The maximum atomic E-state index is 10.6. The normalized spacial score (nSPS) is 11.3. The zero-order valence-corrected chi connectivity index (χ0v) is 17.6. The number of rotatable bonds is 6. The van der Waals surface area contributed by atoms with Crippen LogP contribution in [0.2, 0.25) is 0 Å². The second kappa shape index (κ2) is 8.42. The van der Waals surface area contributed by atoms with Crippen LogP contribution in [-0.4, -0.2) is 12.2 Å². The molecule has 0 radical (unpaired) electrons. The third-order valence-electron chi connectivity index (χ3n) is 5.81. The van der Waals surface area contributed by atoms with Crippen LogP contribution in [0.3, 0.4) is 0 Å². The molecule has 3 aromatic carbocycles. The van der Waals surface area contributed by atoms with E-state index in [0.29, 0.717) is 11.4 Å². The van der Waals surface area contributed by atoms with Crippen molar-refractivity contribution in [3.05, 3.63) is 95.1 Å². The number of benzene rings is 3. The minimum atomic E-state index is -0.254. The van der Waals surface area contributed by atoms with E-state index in [1.165, 1.54) is 0 Å². The van der Waals surface area contributed by atoms with Crippen LogP contribution in [0.5, 0.6) is 0 Å². The number of hydrogen-bond acceptors (Lipinski definition) is 4. The first kappa shape index (κ1) is 21.1. The second-order valence-corrected chi connectivity index (χ2v) is 8.33. The van der Waals surface area contributed by atoms with Gasteiger partial charge in [-0.15, -0.1) is 0 Å². The lowest BCUT2D eigenvalue weighted by atomic mass is 9.74. The molecular weight excluding hydrogens is 372 g/mol. The quantitative estimate of drug-likeness (QED) is 0.364. The van der Waals surface area contributed by atoms with Gasteiger partial charge in [-0.3, -0.25) is 0 Å². The molecular formula is C26H24N2O2. The minimum Gasteiger partial charge on any atom is -0.211 e. The van der Waals surface area contributed by atoms with Crippen LogP contribution >= 0.6 is 0 Å². The molecule has 0 atom stereocenters. The summed E-state index contributed by atoms with van der Waals surface area (Å²) in [6, 6.07) is 23.9. The summed E-state index contributed by atoms with van der Waals surface area (Å²) in [5.41, 5.74) is 5.17. The van der Waals surface area contributed by atoms with Crippen LogP contribution in [-0.2, 0) is 20.4 Å². The molecule has 0 aliphatic heterocycles. The first-order chi connectivity index (χ1) is 14.3. The number of aliphatic imine (C=N–C) groups is 2. The van der Waals surface area contributed by atoms with Crippen LogP contribution in [0.4, 0.5) is 11.4 Å².